The van der Waals surface area contributed by atoms with E-state index in [0.29, 0.717) is 25.1 Å². The molecule has 8 heteroatoms. The summed E-state index contributed by atoms with van der Waals surface area (Å²) < 4.78 is 29.1. The number of thiazole rings is 1. The Morgan fingerprint density at radius 1 is 1.30 bits per heavy atom. The number of piperidine rings is 1. The molecule has 3 heterocycles. The van der Waals surface area contributed by atoms with E-state index in [9.17, 15) is 18.4 Å². The van der Waals surface area contributed by atoms with Gasteiger partial charge >= 0.3 is 0 Å². The molecule has 0 aliphatic carbocycles. The van der Waals surface area contributed by atoms with Gasteiger partial charge in [-0.15, -0.1) is 11.3 Å². The summed E-state index contributed by atoms with van der Waals surface area (Å²) in [5.74, 6) is -2.58. The molecule has 1 aromatic carbocycles. The maximum absolute atomic E-state index is 14.0. The van der Waals surface area contributed by atoms with Crippen LogP contribution in [0.1, 0.15) is 39.4 Å². The lowest BCUT2D eigenvalue weighted by Crippen LogP contribution is -2.42. The van der Waals surface area contributed by atoms with Gasteiger partial charge in [0.25, 0.3) is 5.91 Å². The summed E-state index contributed by atoms with van der Waals surface area (Å²) in [6.45, 7) is 2.58. The molecule has 1 amide bonds. The van der Waals surface area contributed by atoms with Crippen LogP contribution < -0.4 is 0 Å². The van der Waals surface area contributed by atoms with Crippen molar-refractivity contribution < 1.29 is 18.4 Å². The summed E-state index contributed by atoms with van der Waals surface area (Å²) in [5.41, 5.74) is 1.07. The Labute approximate surface area is 158 Å². The molecule has 140 valence electrons. The Bertz CT molecular complexity index is 1040. The topological polar surface area (TPSA) is 54.7 Å². The molecule has 1 atom stereocenters. The number of imidazole rings is 1. The van der Waals surface area contributed by atoms with Gasteiger partial charge in [0.15, 0.2) is 10.7 Å². The van der Waals surface area contributed by atoms with Crippen molar-refractivity contribution in [3.8, 4) is 0 Å². The van der Waals surface area contributed by atoms with E-state index in [1.54, 1.807) is 20.9 Å². The standard InChI is InChI=1S/C19H17F2N3O2S/c1-11-8-24-16(10-27-19(24)22-11)18(26)23-6-2-3-12(9-23)17(25)14-7-13(20)4-5-15(14)21/h4-5,7-8,10,12H,2-3,6,9H2,1H3. The first-order chi connectivity index (χ1) is 12.9. The average molecular weight is 389 g/mol. The Morgan fingerprint density at radius 2 is 2.11 bits per heavy atom. The normalized spacial score (nSPS) is 17.4. The van der Waals surface area contributed by atoms with Crippen molar-refractivity contribution in [1.29, 1.82) is 0 Å². The zero-order valence-electron chi connectivity index (χ0n) is 14.6. The van der Waals surface area contributed by atoms with E-state index in [4.69, 9.17) is 0 Å². The highest BCUT2D eigenvalue weighted by Gasteiger charge is 2.31. The van der Waals surface area contributed by atoms with Gasteiger partial charge < -0.3 is 4.90 Å². The van der Waals surface area contributed by atoms with Crippen molar-refractivity contribution in [1.82, 2.24) is 14.3 Å². The van der Waals surface area contributed by atoms with Crippen LogP contribution in [-0.4, -0.2) is 39.1 Å². The second kappa shape index (κ2) is 6.84. The van der Waals surface area contributed by atoms with Crippen LogP contribution in [0.15, 0.2) is 29.8 Å². The van der Waals surface area contributed by atoms with Crippen LogP contribution in [0, 0.1) is 24.5 Å². The molecule has 1 aliphatic rings. The molecule has 0 bridgehead atoms. The smallest absolute Gasteiger partial charge is 0.271 e. The first kappa shape index (κ1) is 17.8. The van der Waals surface area contributed by atoms with E-state index < -0.39 is 23.3 Å². The fraction of sp³-hybridized carbons (Fsp3) is 0.316. The largest absolute Gasteiger partial charge is 0.337 e. The van der Waals surface area contributed by atoms with Gasteiger partial charge in [0.2, 0.25) is 0 Å². The number of halogens is 2. The van der Waals surface area contributed by atoms with Gasteiger partial charge in [-0.1, -0.05) is 0 Å². The number of hydrogen-bond donors (Lipinski definition) is 0. The Morgan fingerprint density at radius 3 is 2.93 bits per heavy atom. The minimum Gasteiger partial charge on any atom is -0.337 e. The van der Waals surface area contributed by atoms with Crippen molar-refractivity contribution in [2.75, 3.05) is 13.1 Å². The van der Waals surface area contributed by atoms with E-state index in [2.05, 4.69) is 4.98 Å². The van der Waals surface area contributed by atoms with Crippen LogP contribution in [0.3, 0.4) is 0 Å². The van der Waals surface area contributed by atoms with Crippen molar-refractivity contribution in [2.24, 2.45) is 5.92 Å². The number of fused-ring (bicyclic) bond motifs is 1. The molecule has 1 fully saturated rings. The number of Topliss-reactive ketones (excluding diaryl/α,β-unsaturated/α-hetero) is 1. The molecule has 0 saturated carbocycles. The number of carbonyl (C=O) groups is 2. The van der Waals surface area contributed by atoms with Gasteiger partial charge in [-0.3, -0.25) is 14.0 Å². The predicted molar refractivity (Wildman–Crippen MR) is 97.1 cm³/mol. The van der Waals surface area contributed by atoms with Gasteiger partial charge in [-0.25, -0.2) is 13.8 Å². The van der Waals surface area contributed by atoms with Gasteiger partial charge in [0.1, 0.15) is 17.3 Å². The lowest BCUT2D eigenvalue weighted by atomic mass is 9.89. The fourth-order valence-electron chi connectivity index (χ4n) is 3.49. The number of ketones is 1. The van der Waals surface area contributed by atoms with Gasteiger partial charge in [0, 0.05) is 30.6 Å². The third-order valence-corrected chi connectivity index (χ3v) is 5.66. The van der Waals surface area contributed by atoms with Gasteiger partial charge in [-0.2, -0.15) is 0 Å². The quantitative estimate of drug-likeness (QED) is 0.642. The molecule has 4 rings (SSSR count). The summed E-state index contributed by atoms with van der Waals surface area (Å²) in [6.07, 6.45) is 2.98. The lowest BCUT2D eigenvalue weighted by Gasteiger charge is -2.32. The number of likely N-dealkylation sites (tertiary alicyclic amines) is 1. The molecule has 0 radical (unpaired) electrons. The Hall–Kier alpha value is -2.61. The number of hydrogen-bond acceptors (Lipinski definition) is 4. The Balaban J connectivity index is 1.56. The number of rotatable bonds is 3. The Kier molecular flexibility index (Phi) is 4.51. The molecule has 0 spiro atoms. The number of benzene rings is 1. The highest BCUT2D eigenvalue weighted by Crippen LogP contribution is 2.25. The maximum atomic E-state index is 14.0. The SMILES string of the molecule is Cc1cn2c(C(=O)N3CCCC(C(=O)c4cc(F)ccc4F)C3)csc2n1. The fourth-order valence-corrected chi connectivity index (χ4v) is 4.39. The van der Waals surface area contributed by atoms with Crippen LogP contribution in [-0.2, 0) is 0 Å². The molecule has 1 saturated heterocycles. The first-order valence-electron chi connectivity index (χ1n) is 8.66. The van der Waals surface area contributed by atoms with E-state index in [1.807, 2.05) is 6.92 Å². The number of aromatic nitrogens is 2. The molecule has 5 nitrogen and oxygen atoms in total. The summed E-state index contributed by atoms with van der Waals surface area (Å²) in [4.78, 5) is 32.3. The van der Waals surface area contributed by atoms with Crippen LogP contribution in [0.2, 0.25) is 0 Å². The average Bonchev–Trinajstić information content (AvgIpc) is 3.21. The van der Waals surface area contributed by atoms with Crippen molar-refractivity contribution in [2.45, 2.75) is 19.8 Å². The van der Waals surface area contributed by atoms with Crippen molar-refractivity contribution in [3.63, 3.8) is 0 Å². The van der Waals surface area contributed by atoms with Crippen LogP contribution in [0.25, 0.3) is 4.96 Å². The molecule has 1 unspecified atom stereocenters. The van der Waals surface area contributed by atoms with Gasteiger partial charge in [0.05, 0.1) is 11.3 Å². The predicted octanol–water partition coefficient (Wildman–Crippen LogP) is 3.72. The third kappa shape index (κ3) is 3.25. The molecule has 1 aliphatic heterocycles. The minimum atomic E-state index is -0.738. The second-order valence-electron chi connectivity index (χ2n) is 6.73. The second-order valence-corrected chi connectivity index (χ2v) is 7.57. The monoisotopic (exact) mass is 389 g/mol. The number of amides is 1. The zero-order valence-corrected chi connectivity index (χ0v) is 15.4. The number of aryl methyl sites for hydroxylation is 1. The first-order valence-corrected chi connectivity index (χ1v) is 9.53. The number of nitrogens with zero attached hydrogens (tertiary/aromatic N) is 3. The van der Waals surface area contributed by atoms with Crippen LogP contribution in [0.5, 0.6) is 0 Å². The minimum absolute atomic E-state index is 0.184. The van der Waals surface area contributed by atoms with E-state index >= 15 is 0 Å². The summed E-state index contributed by atoms with van der Waals surface area (Å²) in [6, 6.07) is 2.87. The molecular weight excluding hydrogens is 372 g/mol. The highest BCUT2D eigenvalue weighted by atomic mass is 32.1. The lowest BCUT2D eigenvalue weighted by molar-refractivity contribution is 0.0630. The van der Waals surface area contributed by atoms with Crippen molar-refractivity contribution >= 4 is 28.0 Å². The van der Waals surface area contributed by atoms with E-state index in [-0.39, 0.29) is 18.0 Å². The molecule has 2 aromatic heterocycles. The molecule has 27 heavy (non-hydrogen) atoms. The van der Waals surface area contributed by atoms with E-state index in [1.165, 1.54) is 11.3 Å². The third-order valence-electron chi connectivity index (χ3n) is 4.82. The molecule has 0 N–H and O–H groups in total. The van der Waals surface area contributed by atoms with E-state index in [0.717, 1.165) is 28.9 Å². The maximum Gasteiger partial charge on any atom is 0.271 e. The van der Waals surface area contributed by atoms with Gasteiger partial charge in [-0.05, 0) is 38.0 Å². The van der Waals surface area contributed by atoms with Crippen LogP contribution >= 0.6 is 11.3 Å². The highest BCUT2D eigenvalue weighted by molar-refractivity contribution is 7.15. The summed E-state index contributed by atoms with van der Waals surface area (Å²) in [5, 5.41) is 1.75. The molecular formula is C19H17F2N3O2S. The summed E-state index contributed by atoms with van der Waals surface area (Å²) >= 11 is 1.38. The van der Waals surface area contributed by atoms with Crippen LogP contribution in [0.4, 0.5) is 8.78 Å². The number of carbonyl (C=O) groups excluding carboxylic acids is 2. The molecule has 3 aromatic rings. The summed E-state index contributed by atoms with van der Waals surface area (Å²) in [7, 11) is 0. The zero-order chi connectivity index (χ0) is 19.1. The van der Waals surface area contributed by atoms with Crippen molar-refractivity contribution in [3.05, 3.63) is 58.4 Å².